The molecule has 15 rings (SSSR count). The summed E-state index contributed by atoms with van der Waals surface area (Å²) in [6.45, 7) is 35.5. The molecule has 1 aliphatic carbocycles. The number of hydrogen-bond acceptors (Lipinski definition) is 0. The minimum absolute atomic E-state index is 0.0132. The quantitative estimate of drug-likeness (QED) is 0.153. The zero-order chi connectivity index (χ0) is 54.3. The summed E-state index contributed by atoms with van der Waals surface area (Å²) in [4.78, 5) is 0. The van der Waals surface area contributed by atoms with Crippen molar-refractivity contribution in [1.82, 2.24) is 9.13 Å². The standard InChI is InChI=1S/C75H71BN2/c1-70(2,3)45-28-24-42(25-29-45)62-63-50-21-17-16-20-44(50)36-59-69(63)77(65(62)43-26-30-46(31-27-43)71(4,5)6)61-35-34-56-68-64(61)76(59)60-41-49(74(13,14)15)38-54-53-37-48(73(10,11)12)40-58(66(53)78(68)67(54)60)75(56)55-23-19-18-22-51(55)52-33-32-47(39-57(52)75)72(7,8)9/h16-41H,1-15H3. The van der Waals surface area contributed by atoms with Gasteiger partial charge < -0.3 is 9.13 Å². The van der Waals surface area contributed by atoms with Gasteiger partial charge in [-0.3, -0.25) is 0 Å². The largest absolute Gasteiger partial charge is 0.310 e. The lowest BCUT2D eigenvalue weighted by Gasteiger charge is -2.44. The van der Waals surface area contributed by atoms with E-state index >= 15 is 0 Å². The van der Waals surface area contributed by atoms with Crippen LogP contribution in [0.4, 0.5) is 0 Å². The average molecular weight is 1010 g/mol. The molecule has 1 unspecified atom stereocenters. The molecule has 1 spiro atoms. The van der Waals surface area contributed by atoms with Crippen LogP contribution in [0.5, 0.6) is 0 Å². The lowest BCUT2D eigenvalue weighted by molar-refractivity contribution is 0.585. The molecule has 0 saturated carbocycles. The molecule has 0 fully saturated rings. The van der Waals surface area contributed by atoms with E-state index in [1.54, 1.807) is 0 Å². The van der Waals surface area contributed by atoms with Crippen molar-refractivity contribution in [2.24, 2.45) is 0 Å². The van der Waals surface area contributed by atoms with Crippen LogP contribution in [0.1, 0.15) is 154 Å². The van der Waals surface area contributed by atoms with Gasteiger partial charge in [0.1, 0.15) is 0 Å². The predicted octanol–water partition coefficient (Wildman–Crippen LogP) is 17.5. The van der Waals surface area contributed by atoms with Crippen molar-refractivity contribution in [3.8, 4) is 44.9 Å². The highest BCUT2D eigenvalue weighted by Crippen LogP contribution is 2.63. The number of fused-ring (bicyclic) bond motifs is 13. The van der Waals surface area contributed by atoms with Gasteiger partial charge in [0, 0.05) is 38.6 Å². The van der Waals surface area contributed by atoms with Gasteiger partial charge in [0.05, 0.1) is 22.1 Å². The molecule has 11 aromatic rings. The van der Waals surface area contributed by atoms with Crippen molar-refractivity contribution in [1.29, 1.82) is 0 Å². The molecule has 2 aromatic heterocycles. The van der Waals surface area contributed by atoms with Crippen molar-refractivity contribution in [3.05, 3.63) is 208 Å². The summed E-state index contributed by atoms with van der Waals surface area (Å²) in [7, 11) is 0. The van der Waals surface area contributed by atoms with Crippen LogP contribution in [0.2, 0.25) is 0 Å². The van der Waals surface area contributed by atoms with E-state index in [9.17, 15) is 0 Å². The molecule has 0 bridgehead atoms. The van der Waals surface area contributed by atoms with Crippen LogP contribution in [0.3, 0.4) is 0 Å². The summed E-state index contributed by atoms with van der Waals surface area (Å²) in [6.07, 6.45) is 0. The van der Waals surface area contributed by atoms with E-state index in [1.807, 2.05) is 0 Å². The lowest BCUT2D eigenvalue weighted by atomic mass is 9.33. The highest BCUT2D eigenvalue weighted by atomic mass is 15.1. The third-order valence-corrected chi connectivity index (χ3v) is 19.1. The smallest absolute Gasteiger partial charge is 0.252 e. The highest BCUT2D eigenvalue weighted by molar-refractivity contribution is 7.00. The Hall–Kier alpha value is -7.36. The Morgan fingerprint density at radius 2 is 0.910 bits per heavy atom. The maximum Gasteiger partial charge on any atom is 0.252 e. The van der Waals surface area contributed by atoms with Gasteiger partial charge in [0.2, 0.25) is 0 Å². The molecule has 78 heavy (non-hydrogen) atoms. The van der Waals surface area contributed by atoms with Gasteiger partial charge >= 0.3 is 0 Å². The summed E-state index contributed by atoms with van der Waals surface area (Å²) in [5.74, 6) is 0. The molecule has 4 aliphatic rings. The van der Waals surface area contributed by atoms with Crippen LogP contribution in [-0.4, -0.2) is 15.8 Å². The van der Waals surface area contributed by atoms with Crippen molar-refractivity contribution < 1.29 is 0 Å². The summed E-state index contributed by atoms with van der Waals surface area (Å²) in [5.41, 5.74) is 30.2. The Morgan fingerprint density at radius 1 is 0.372 bits per heavy atom. The molecule has 0 radical (unpaired) electrons. The van der Waals surface area contributed by atoms with Crippen molar-refractivity contribution in [3.63, 3.8) is 0 Å². The first-order valence-electron chi connectivity index (χ1n) is 28.8. The SMILES string of the molecule is CC(C)(C)c1ccc(-c2c(-c3ccc(C(C)(C)C)cc3)n3c4c(cc5ccccc5c24)B2c4c-3ccc3c4-n4c5c2cc(C(C)(C)C)cc5c2cc(C(C)(C)C)cc(c24)C32c3ccccc3-c3ccc(C(C)(C)C)cc32)cc1. The normalized spacial score (nSPS) is 16.2. The van der Waals surface area contributed by atoms with E-state index in [2.05, 4.69) is 271 Å². The fourth-order valence-corrected chi connectivity index (χ4v) is 14.9. The molecule has 0 amide bonds. The van der Waals surface area contributed by atoms with Crippen molar-refractivity contribution >= 4 is 66.6 Å². The van der Waals surface area contributed by atoms with Gasteiger partial charge in [-0.25, -0.2) is 0 Å². The van der Waals surface area contributed by atoms with E-state index in [4.69, 9.17) is 0 Å². The Morgan fingerprint density at radius 3 is 1.56 bits per heavy atom. The lowest BCUT2D eigenvalue weighted by Crippen LogP contribution is -2.60. The zero-order valence-electron chi connectivity index (χ0n) is 48.5. The van der Waals surface area contributed by atoms with Crippen LogP contribution in [0, 0.1) is 0 Å². The number of nitrogens with zero attached hydrogens (tertiary/aromatic N) is 2. The number of benzene rings is 9. The van der Waals surface area contributed by atoms with E-state index in [1.165, 1.54) is 155 Å². The number of aromatic nitrogens is 2. The Kier molecular flexibility index (Phi) is 9.23. The fourth-order valence-electron chi connectivity index (χ4n) is 14.9. The van der Waals surface area contributed by atoms with Crippen LogP contribution in [-0.2, 0) is 32.5 Å². The second kappa shape index (κ2) is 15.1. The molecule has 1 atom stereocenters. The number of rotatable bonds is 2. The molecule has 5 heterocycles. The topological polar surface area (TPSA) is 9.86 Å². The van der Waals surface area contributed by atoms with Gasteiger partial charge in [0.15, 0.2) is 0 Å². The summed E-state index contributed by atoms with van der Waals surface area (Å²) in [6, 6.07) is 63.6. The molecule has 2 nitrogen and oxygen atoms in total. The Labute approximate surface area is 462 Å². The first-order valence-corrected chi connectivity index (χ1v) is 28.8. The Balaban J connectivity index is 1.19. The minimum atomic E-state index is -0.600. The molecule has 3 heteroatoms. The highest BCUT2D eigenvalue weighted by Gasteiger charge is 2.55. The van der Waals surface area contributed by atoms with E-state index in [-0.39, 0.29) is 33.8 Å². The maximum absolute atomic E-state index is 2.80. The summed E-state index contributed by atoms with van der Waals surface area (Å²) < 4.78 is 5.55. The molecule has 0 N–H and O–H groups in total. The van der Waals surface area contributed by atoms with Crippen molar-refractivity contribution in [2.75, 3.05) is 0 Å². The summed E-state index contributed by atoms with van der Waals surface area (Å²) >= 11 is 0. The second-order valence-electron chi connectivity index (χ2n) is 29.0. The van der Waals surface area contributed by atoms with Crippen molar-refractivity contribution in [2.45, 2.75) is 136 Å². The van der Waals surface area contributed by atoms with Gasteiger partial charge in [-0.1, -0.05) is 243 Å². The molecular formula is C75H71BN2. The van der Waals surface area contributed by atoms with Crippen LogP contribution >= 0.6 is 0 Å². The second-order valence-corrected chi connectivity index (χ2v) is 29.0. The summed E-state index contributed by atoms with van der Waals surface area (Å²) in [5, 5.41) is 6.64. The predicted molar refractivity (Wildman–Crippen MR) is 335 cm³/mol. The van der Waals surface area contributed by atoms with Gasteiger partial charge in [-0.05, 0) is 145 Å². The average Bonchev–Trinajstić information content (AvgIpc) is 2.99. The molecule has 3 aliphatic heterocycles. The fraction of sp³-hybridized carbons (Fsp3) is 0.280. The van der Waals surface area contributed by atoms with Crippen LogP contribution in [0.15, 0.2) is 158 Å². The third kappa shape index (κ3) is 6.11. The van der Waals surface area contributed by atoms with Gasteiger partial charge in [0.25, 0.3) is 6.71 Å². The third-order valence-electron chi connectivity index (χ3n) is 19.1. The molecule has 9 aromatic carbocycles. The zero-order valence-corrected chi connectivity index (χ0v) is 48.5. The molecular weight excluding hydrogens is 940 g/mol. The van der Waals surface area contributed by atoms with Gasteiger partial charge in [-0.15, -0.1) is 0 Å². The Bertz CT molecular complexity index is 4480. The molecule has 384 valence electrons. The number of hydrogen-bond donors (Lipinski definition) is 0. The van der Waals surface area contributed by atoms with Crippen LogP contribution < -0.4 is 16.4 Å². The first-order chi connectivity index (χ1) is 36.9. The van der Waals surface area contributed by atoms with E-state index in [0.29, 0.717) is 0 Å². The van der Waals surface area contributed by atoms with E-state index in [0.717, 1.165) is 0 Å². The maximum atomic E-state index is 2.80. The minimum Gasteiger partial charge on any atom is -0.310 e. The van der Waals surface area contributed by atoms with Gasteiger partial charge in [-0.2, -0.15) is 0 Å². The van der Waals surface area contributed by atoms with Crippen LogP contribution in [0.25, 0.3) is 88.4 Å². The molecule has 0 saturated heterocycles. The first kappa shape index (κ1) is 47.8. The van der Waals surface area contributed by atoms with E-state index < -0.39 is 5.41 Å². The monoisotopic (exact) mass is 1010 g/mol.